The van der Waals surface area contributed by atoms with Gasteiger partial charge in [-0.05, 0) is 24.0 Å². The highest BCUT2D eigenvalue weighted by Crippen LogP contribution is 2.66. The second-order valence-corrected chi connectivity index (χ2v) is 10.9. The molecule has 1 N–H and O–H groups in total. The zero-order valence-electron chi connectivity index (χ0n) is 17.9. The number of fused-ring (bicyclic) bond motifs is 1. The lowest BCUT2D eigenvalue weighted by atomic mass is 10.2. The molecule has 0 fully saturated rings. The number of hydrogen-bond donors (Lipinski definition) is 1. The standard InChI is InChI=1S/C19H26F3N2O5PS/c1-12(2)10-28-30(26,29-11-13(3)4)18(16(25)27-5,19(20,21)22)24-17-23-14-8-6-7-9-15(14)31-17/h6-9,12-13H,10-11H2,1-5H3,(H,23,24)/t18-/m1/s1. The number of para-hydroxylation sites is 1. The summed E-state index contributed by atoms with van der Waals surface area (Å²) in [7, 11) is -4.44. The first kappa shape index (κ1) is 25.6. The average molecular weight is 482 g/mol. The van der Waals surface area contributed by atoms with Crippen LogP contribution in [0.4, 0.5) is 18.3 Å². The van der Waals surface area contributed by atoms with E-state index < -0.39 is 25.0 Å². The normalized spacial score (nSPS) is 14.8. The maximum atomic E-state index is 14.6. The first-order chi connectivity index (χ1) is 14.4. The van der Waals surface area contributed by atoms with Gasteiger partial charge in [0.1, 0.15) is 0 Å². The van der Waals surface area contributed by atoms with Gasteiger partial charge in [0.05, 0.1) is 30.5 Å². The Morgan fingerprint density at radius 3 is 2.13 bits per heavy atom. The molecule has 2 rings (SSSR count). The van der Waals surface area contributed by atoms with Gasteiger partial charge in [-0.1, -0.05) is 51.2 Å². The van der Waals surface area contributed by atoms with E-state index in [2.05, 4.69) is 15.0 Å². The van der Waals surface area contributed by atoms with Crippen LogP contribution in [0.3, 0.4) is 0 Å². The molecule has 7 nitrogen and oxygen atoms in total. The Bertz CT molecular complexity index is 901. The molecule has 0 aliphatic carbocycles. The van der Waals surface area contributed by atoms with Crippen LogP contribution in [-0.2, 0) is 23.1 Å². The molecule has 31 heavy (non-hydrogen) atoms. The van der Waals surface area contributed by atoms with Gasteiger partial charge in [-0.2, -0.15) is 13.2 Å². The quantitative estimate of drug-likeness (QED) is 0.344. The second kappa shape index (κ2) is 9.85. The summed E-state index contributed by atoms with van der Waals surface area (Å²) < 4.78 is 73.0. The summed E-state index contributed by atoms with van der Waals surface area (Å²) in [6, 6.07) is 6.64. The van der Waals surface area contributed by atoms with Crippen molar-refractivity contribution in [2.75, 3.05) is 25.6 Å². The van der Waals surface area contributed by atoms with Crippen LogP contribution >= 0.6 is 18.9 Å². The molecule has 0 amide bonds. The fourth-order valence-corrected chi connectivity index (χ4v) is 5.84. The van der Waals surface area contributed by atoms with E-state index in [1.54, 1.807) is 52.0 Å². The maximum absolute atomic E-state index is 14.6. The third kappa shape index (κ3) is 5.39. The van der Waals surface area contributed by atoms with E-state index >= 15 is 0 Å². The van der Waals surface area contributed by atoms with Crippen molar-refractivity contribution in [1.82, 2.24) is 4.98 Å². The molecule has 174 valence electrons. The number of carbonyl (C=O) groups excluding carboxylic acids is 1. The number of ether oxygens (including phenoxy) is 1. The average Bonchev–Trinajstić information content (AvgIpc) is 3.09. The lowest BCUT2D eigenvalue weighted by Gasteiger charge is -2.38. The van der Waals surface area contributed by atoms with Gasteiger partial charge in [-0.25, -0.2) is 9.78 Å². The van der Waals surface area contributed by atoms with E-state index in [1.807, 2.05) is 0 Å². The fraction of sp³-hybridized carbons (Fsp3) is 0.579. The molecule has 0 spiro atoms. The van der Waals surface area contributed by atoms with Gasteiger partial charge in [-0.3, -0.25) is 4.57 Å². The monoisotopic (exact) mass is 482 g/mol. The molecule has 12 heteroatoms. The van der Waals surface area contributed by atoms with Crippen molar-refractivity contribution in [2.24, 2.45) is 11.8 Å². The van der Waals surface area contributed by atoms with E-state index in [9.17, 15) is 22.5 Å². The molecule has 0 bridgehead atoms. The molecule has 1 aromatic heterocycles. The molecule has 0 saturated heterocycles. The molecule has 0 saturated carbocycles. The number of benzene rings is 1. The third-order valence-electron chi connectivity index (χ3n) is 4.04. The summed E-state index contributed by atoms with van der Waals surface area (Å²) >= 11 is 0.871. The van der Waals surface area contributed by atoms with Gasteiger partial charge < -0.3 is 19.1 Å². The predicted octanol–water partition coefficient (Wildman–Crippen LogP) is 5.68. The topological polar surface area (TPSA) is 86.8 Å². The minimum atomic E-state index is -5.40. The first-order valence-electron chi connectivity index (χ1n) is 9.54. The molecule has 2 aromatic rings. The van der Waals surface area contributed by atoms with Crippen molar-refractivity contribution in [1.29, 1.82) is 0 Å². The number of aromatic nitrogens is 1. The molecule has 0 unspecified atom stereocenters. The summed E-state index contributed by atoms with van der Waals surface area (Å²) in [5, 5.41) is -2.02. The van der Waals surface area contributed by atoms with E-state index in [4.69, 9.17) is 9.05 Å². The fourth-order valence-electron chi connectivity index (χ4n) is 2.53. The number of nitrogens with one attached hydrogen (secondary N) is 1. The minimum absolute atomic E-state index is 0.273. The van der Waals surface area contributed by atoms with Crippen LogP contribution in [0.5, 0.6) is 0 Å². The second-order valence-electron chi connectivity index (χ2n) is 7.69. The summed E-state index contributed by atoms with van der Waals surface area (Å²) in [6.07, 6.45) is -5.40. The number of anilines is 1. The number of alkyl halides is 3. The molecular weight excluding hydrogens is 456 g/mol. The summed E-state index contributed by atoms with van der Waals surface area (Å²) in [4.78, 5) is 16.8. The molecule has 0 radical (unpaired) electrons. The SMILES string of the molecule is COC(=O)[C@](Nc1nc2ccccc2s1)(C(F)(F)F)P(=O)(OCC(C)C)OCC(C)C. The lowest BCUT2D eigenvalue weighted by molar-refractivity contribution is -0.186. The van der Waals surface area contributed by atoms with Crippen LogP contribution in [-0.4, -0.2) is 42.7 Å². The van der Waals surface area contributed by atoms with Crippen LogP contribution in [0.15, 0.2) is 24.3 Å². The molecule has 0 aliphatic heterocycles. The Balaban J connectivity index is 2.68. The van der Waals surface area contributed by atoms with Gasteiger partial charge in [0.25, 0.3) is 0 Å². The highest BCUT2D eigenvalue weighted by atomic mass is 32.1. The number of rotatable bonds is 10. The molecule has 1 atom stereocenters. The maximum Gasteiger partial charge on any atom is 0.434 e. The Morgan fingerprint density at radius 2 is 1.68 bits per heavy atom. The summed E-state index contributed by atoms with van der Waals surface area (Å²) in [5.74, 6) is -2.39. The van der Waals surface area contributed by atoms with E-state index in [0.29, 0.717) is 10.2 Å². The van der Waals surface area contributed by atoms with E-state index in [-0.39, 0.29) is 30.2 Å². The molecule has 1 aromatic carbocycles. The van der Waals surface area contributed by atoms with Crippen molar-refractivity contribution in [2.45, 2.75) is 39.2 Å². The van der Waals surface area contributed by atoms with Crippen LogP contribution in [0.1, 0.15) is 27.7 Å². The Morgan fingerprint density at radius 1 is 1.13 bits per heavy atom. The van der Waals surface area contributed by atoms with Gasteiger partial charge >= 0.3 is 25.0 Å². The molecule has 0 aliphatic rings. The van der Waals surface area contributed by atoms with Crippen LogP contribution in [0, 0.1) is 11.8 Å². The first-order valence-corrected chi connectivity index (χ1v) is 11.9. The van der Waals surface area contributed by atoms with E-state index in [0.717, 1.165) is 18.4 Å². The largest absolute Gasteiger partial charge is 0.467 e. The van der Waals surface area contributed by atoms with Crippen molar-refractivity contribution < 1.29 is 36.3 Å². The lowest BCUT2D eigenvalue weighted by Crippen LogP contribution is -2.59. The summed E-state index contributed by atoms with van der Waals surface area (Å²) in [5.41, 5.74) is 0.414. The number of thiazole rings is 1. The smallest absolute Gasteiger partial charge is 0.434 e. The summed E-state index contributed by atoms with van der Waals surface area (Å²) in [6.45, 7) is 6.02. The molecular formula is C19H26F3N2O5PS. The number of carbonyl (C=O) groups is 1. The van der Waals surface area contributed by atoms with Crippen LogP contribution < -0.4 is 5.32 Å². The Kier molecular flexibility index (Phi) is 8.13. The van der Waals surface area contributed by atoms with Crippen molar-refractivity contribution in [3.8, 4) is 0 Å². The highest BCUT2D eigenvalue weighted by Gasteiger charge is 2.75. The van der Waals surface area contributed by atoms with Gasteiger partial charge in [0.15, 0.2) is 5.13 Å². The number of methoxy groups -OCH3 is 1. The Hall–Kier alpha value is -1.68. The zero-order valence-corrected chi connectivity index (χ0v) is 19.6. The number of hydrogen-bond acceptors (Lipinski definition) is 8. The predicted molar refractivity (Wildman–Crippen MR) is 113 cm³/mol. The zero-order chi connectivity index (χ0) is 23.4. The van der Waals surface area contributed by atoms with Crippen molar-refractivity contribution in [3.05, 3.63) is 24.3 Å². The number of halogens is 3. The van der Waals surface area contributed by atoms with Crippen LogP contribution in [0.2, 0.25) is 0 Å². The third-order valence-corrected chi connectivity index (χ3v) is 7.34. The van der Waals surface area contributed by atoms with E-state index in [1.165, 1.54) is 0 Å². The number of esters is 1. The van der Waals surface area contributed by atoms with Crippen molar-refractivity contribution in [3.63, 3.8) is 0 Å². The minimum Gasteiger partial charge on any atom is -0.467 e. The number of nitrogens with zero attached hydrogens (tertiary/aromatic N) is 1. The van der Waals surface area contributed by atoms with Gasteiger partial charge in [-0.15, -0.1) is 0 Å². The van der Waals surface area contributed by atoms with Crippen LogP contribution in [0.25, 0.3) is 10.2 Å². The van der Waals surface area contributed by atoms with Gasteiger partial charge in [0, 0.05) is 0 Å². The van der Waals surface area contributed by atoms with Gasteiger partial charge in [0.2, 0.25) is 0 Å². The van der Waals surface area contributed by atoms with Crippen molar-refractivity contribution >= 4 is 40.3 Å². The highest BCUT2D eigenvalue weighted by molar-refractivity contribution is 7.57. The Labute approximate surface area is 182 Å². The molecule has 1 heterocycles.